The van der Waals surface area contributed by atoms with Crippen molar-refractivity contribution in [3.05, 3.63) is 189 Å². The molecular formula is C68H80O28. The molecule has 0 atom stereocenters. The molecule has 0 saturated carbocycles. The maximum absolute atomic E-state index is 11.0. The van der Waals surface area contributed by atoms with Gasteiger partial charge in [0.15, 0.2) is 96.4 Å². The van der Waals surface area contributed by atoms with Crippen LogP contribution in [0.2, 0.25) is 0 Å². The number of aldehydes is 8. The zero-order valence-electron chi connectivity index (χ0n) is 54.4. The quantitative estimate of drug-likeness (QED) is 0.0156. The van der Waals surface area contributed by atoms with Crippen molar-refractivity contribution in [1.82, 2.24) is 0 Å². The summed E-state index contributed by atoms with van der Waals surface area (Å²) >= 11 is 0. The molecule has 0 fully saturated rings. The lowest BCUT2D eigenvalue weighted by molar-refractivity contribution is -0.146. The van der Waals surface area contributed by atoms with Crippen LogP contribution in [0, 0.1) is 0 Å². The predicted molar refractivity (Wildman–Crippen MR) is 334 cm³/mol. The van der Waals surface area contributed by atoms with Gasteiger partial charge in [0.05, 0.1) is 0 Å². The third-order valence-electron chi connectivity index (χ3n) is 10.8. The number of hydrogen-bond acceptors (Lipinski definition) is 28. The highest BCUT2D eigenvalue weighted by molar-refractivity contribution is 5.74. The summed E-state index contributed by atoms with van der Waals surface area (Å²) in [6.07, 6.45) is 9.77. The minimum Gasteiger partial charge on any atom is -0.460 e. The molecule has 0 radical (unpaired) electrons. The molecule has 96 heavy (non-hydrogen) atoms. The number of carbonyl (C=O) groups excluding carboxylic acids is 12. The lowest BCUT2D eigenvalue weighted by Gasteiger charge is -2.00. The SMILES string of the molecule is CC(=O)OCc1ccc(C=O)o1.CCC(=O)OCc1ccc(C=O)o1.CCCC(=O)OCc1ccc(C=O)o1.CCCCOCc1ccc(C=O)o1.CCCOCc1ccc(C=O)o1.CCOCc1ccc(C=O)o1.COCc1ccc(C=O)o1.O=COCc1ccc(C=O)o1. The second-order valence-electron chi connectivity index (χ2n) is 18.5. The average Bonchev–Trinajstić information content (AvgIpc) is 4.57. The van der Waals surface area contributed by atoms with Gasteiger partial charge >= 0.3 is 17.9 Å². The third-order valence-corrected chi connectivity index (χ3v) is 10.8. The molecule has 0 aliphatic rings. The van der Waals surface area contributed by atoms with Gasteiger partial charge < -0.3 is 73.2 Å². The van der Waals surface area contributed by atoms with Crippen molar-refractivity contribution in [3.63, 3.8) is 0 Å². The van der Waals surface area contributed by atoms with Gasteiger partial charge in [-0.1, -0.05) is 34.1 Å². The topological polar surface area (TPSA) is 384 Å². The van der Waals surface area contributed by atoms with Gasteiger partial charge in [-0.3, -0.25) is 57.5 Å². The van der Waals surface area contributed by atoms with E-state index in [0.717, 1.165) is 38.9 Å². The second kappa shape index (κ2) is 53.8. The van der Waals surface area contributed by atoms with Crippen molar-refractivity contribution in [2.75, 3.05) is 26.9 Å². The van der Waals surface area contributed by atoms with E-state index in [4.69, 9.17) is 63.8 Å². The van der Waals surface area contributed by atoms with E-state index in [0.29, 0.717) is 172 Å². The van der Waals surface area contributed by atoms with E-state index in [9.17, 15) is 57.5 Å². The van der Waals surface area contributed by atoms with Crippen LogP contribution >= 0.6 is 0 Å². The summed E-state index contributed by atoms with van der Waals surface area (Å²) in [4.78, 5) is 123. The zero-order chi connectivity index (χ0) is 71.0. The number of carbonyl (C=O) groups is 12. The number of hydrogen-bond donors (Lipinski definition) is 0. The summed E-state index contributed by atoms with van der Waals surface area (Å²) in [5.41, 5.74) is 0. The first-order valence-corrected chi connectivity index (χ1v) is 29.6. The van der Waals surface area contributed by atoms with E-state index < -0.39 is 0 Å². The van der Waals surface area contributed by atoms with E-state index in [2.05, 4.69) is 16.4 Å². The molecule has 0 aliphatic carbocycles. The number of unbranched alkanes of at least 4 members (excludes halogenated alkanes) is 1. The zero-order valence-corrected chi connectivity index (χ0v) is 54.4. The van der Waals surface area contributed by atoms with Gasteiger partial charge in [0.1, 0.15) is 98.9 Å². The van der Waals surface area contributed by atoms with Crippen LogP contribution in [0.4, 0.5) is 0 Å². The number of rotatable bonds is 34. The fourth-order valence-corrected chi connectivity index (χ4v) is 6.33. The third kappa shape index (κ3) is 39.7. The molecule has 28 nitrogen and oxygen atoms in total. The standard InChI is InChI=1S/C10H12O4.C10H14O3.C9H10O4.C9H12O3.C8H8O4.C8H10O3.C7H6O4.C7H8O3/c1-2-3-10(12)13-7-9-5-4-8(6-11)14-9;1-2-3-6-12-8-10-5-4-9(7-11)13-10;1-2-9(11)12-6-8-4-3-7(5-10)13-8;1-2-5-11-7-9-4-3-8(6-10)12-9;1-6(10)11-5-8-3-2-7(4-9)12-8;1-2-10-6-8-4-3-7(5-9)11-8;8-3-6-1-2-7(11-6)4-10-5-9;1-9-5-7-3-2-6(4-8)10-7/h4-6H,2-3,7H2,1H3;4-5,7H,2-3,6,8H2,1H3;3-5H,2,6H2,1H3;3-4,6H,2,5,7H2,1H3;2-4H,5H2,1H3;3-5H,2,6H2,1H3;1-3,5H,4H2;2-4H,5H2,1H3. The second-order valence-corrected chi connectivity index (χ2v) is 18.5. The van der Waals surface area contributed by atoms with E-state index >= 15 is 0 Å². The van der Waals surface area contributed by atoms with Crippen molar-refractivity contribution in [3.8, 4) is 0 Å². The minimum atomic E-state index is -0.376. The van der Waals surface area contributed by atoms with Crippen LogP contribution in [0.25, 0.3) is 0 Å². The van der Waals surface area contributed by atoms with Gasteiger partial charge in [-0.15, -0.1) is 0 Å². The molecule has 0 aromatic carbocycles. The van der Waals surface area contributed by atoms with Gasteiger partial charge in [-0.05, 0) is 123 Å². The van der Waals surface area contributed by atoms with Crippen LogP contribution in [0.1, 0.15) is 211 Å². The monoisotopic (exact) mass is 1340 g/mol. The lowest BCUT2D eigenvalue weighted by Crippen LogP contribution is -2.02. The number of esters is 3. The van der Waals surface area contributed by atoms with Crippen LogP contribution in [-0.4, -0.2) is 102 Å². The van der Waals surface area contributed by atoms with E-state index in [-0.39, 0.29) is 67.4 Å². The van der Waals surface area contributed by atoms with E-state index in [1.54, 1.807) is 86.8 Å². The van der Waals surface area contributed by atoms with E-state index in [1.165, 1.54) is 31.2 Å². The number of ether oxygens (including phenoxy) is 8. The van der Waals surface area contributed by atoms with Crippen LogP contribution in [0.5, 0.6) is 0 Å². The molecule has 0 bridgehead atoms. The molecule has 8 rings (SSSR count). The molecular weight excluding hydrogens is 1260 g/mol. The molecule has 8 aromatic heterocycles. The Labute approximate surface area is 552 Å². The van der Waals surface area contributed by atoms with Crippen LogP contribution in [-0.2, 0) is 110 Å². The summed E-state index contributed by atoms with van der Waals surface area (Å²) < 4.78 is 79.1. The summed E-state index contributed by atoms with van der Waals surface area (Å²) in [5, 5.41) is 0. The molecule has 0 N–H and O–H groups in total. The maximum atomic E-state index is 11.0. The molecule has 0 unspecified atom stereocenters. The molecule has 0 amide bonds. The Kier molecular flexibility index (Phi) is 46.7. The van der Waals surface area contributed by atoms with Gasteiger partial charge in [0.2, 0.25) is 0 Å². The van der Waals surface area contributed by atoms with Crippen molar-refractivity contribution in [1.29, 1.82) is 0 Å². The van der Waals surface area contributed by atoms with Crippen molar-refractivity contribution < 1.29 is 131 Å². The van der Waals surface area contributed by atoms with Gasteiger partial charge in [0, 0.05) is 46.7 Å². The highest BCUT2D eigenvalue weighted by atomic mass is 16.6. The van der Waals surface area contributed by atoms with Crippen molar-refractivity contribution in [2.24, 2.45) is 0 Å². The first-order valence-electron chi connectivity index (χ1n) is 29.6. The Hall–Kier alpha value is -10.7. The summed E-state index contributed by atoms with van der Waals surface area (Å²) in [6.45, 7) is 15.5. The molecule has 0 saturated heterocycles. The Balaban J connectivity index is 0.000000550. The Morgan fingerprint density at radius 2 is 0.646 bits per heavy atom. The fraction of sp³-hybridized carbons (Fsp3) is 0.353. The number of methoxy groups -OCH3 is 1. The van der Waals surface area contributed by atoms with Crippen molar-refractivity contribution >= 4 is 74.7 Å². The molecule has 8 heterocycles. The summed E-state index contributed by atoms with van der Waals surface area (Å²) in [6, 6.07) is 26.0. The molecule has 28 heteroatoms. The van der Waals surface area contributed by atoms with Crippen LogP contribution in [0.3, 0.4) is 0 Å². The first-order chi connectivity index (χ1) is 46.6. The number of furan rings is 8. The molecule has 520 valence electrons. The highest BCUT2D eigenvalue weighted by Crippen LogP contribution is 2.13. The Bertz CT molecular complexity index is 3420. The summed E-state index contributed by atoms with van der Waals surface area (Å²) in [5.74, 6) is 6.07. The molecule has 8 aromatic rings. The van der Waals surface area contributed by atoms with E-state index in [1.807, 2.05) is 20.8 Å². The molecule has 0 aliphatic heterocycles. The average molecular weight is 1350 g/mol. The van der Waals surface area contributed by atoms with Gasteiger partial charge in [0.25, 0.3) is 6.47 Å². The Morgan fingerprint density at radius 3 is 0.917 bits per heavy atom. The van der Waals surface area contributed by atoms with Gasteiger partial charge in [-0.2, -0.15) is 0 Å². The van der Waals surface area contributed by atoms with Crippen LogP contribution < -0.4 is 0 Å². The fourth-order valence-electron chi connectivity index (χ4n) is 6.33. The molecule has 0 spiro atoms. The van der Waals surface area contributed by atoms with Gasteiger partial charge in [-0.25, -0.2) is 0 Å². The maximum Gasteiger partial charge on any atom is 0.306 e. The first kappa shape index (κ1) is 83.3. The predicted octanol–water partition coefficient (Wildman–Crippen LogP) is 12.7. The highest BCUT2D eigenvalue weighted by Gasteiger charge is 2.08. The minimum absolute atomic E-state index is 0.0668. The van der Waals surface area contributed by atoms with Crippen molar-refractivity contribution in [2.45, 2.75) is 133 Å². The normalized spacial score (nSPS) is 9.74. The Morgan fingerprint density at radius 1 is 0.344 bits per heavy atom. The lowest BCUT2D eigenvalue weighted by atomic mass is 10.3. The summed E-state index contributed by atoms with van der Waals surface area (Å²) in [7, 11) is 1.57. The smallest absolute Gasteiger partial charge is 0.306 e. The van der Waals surface area contributed by atoms with Crippen LogP contribution in [0.15, 0.2) is 132 Å². The largest absolute Gasteiger partial charge is 0.460 e.